The molecule has 0 saturated heterocycles. The predicted molar refractivity (Wildman–Crippen MR) is 291 cm³/mol. The number of nitrogens with one attached hydrogen (secondary N) is 1. The number of hydrogen-bond donors (Lipinski definition) is 1. The number of aliphatic imine (C=N–C) groups is 1. The van der Waals surface area contributed by atoms with Gasteiger partial charge in [-0.1, -0.05) is 237 Å². The first kappa shape index (κ1) is 39.2. The summed E-state index contributed by atoms with van der Waals surface area (Å²) in [6, 6.07) is 85.7. The molecule has 0 unspecified atom stereocenters. The fourth-order valence-electron chi connectivity index (χ4n) is 12.2. The van der Waals surface area contributed by atoms with Gasteiger partial charge in [0.1, 0.15) is 0 Å². The van der Waals surface area contributed by atoms with E-state index in [2.05, 4.69) is 218 Å². The van der Waals surface area contributed by atoms with Gasteiger partial charge in [-0.3, -0.25) is 5.41 Å². The SMILES string of the molecule is N=C(N=C(/C=C/c1c2ccccc2c(-c2c3ccccc3cc3c2ccc2ccccc23)c2ccccc12)c1cccc2c1C1(c3ccccc3-c3ccccc31)c1ccccc1-2)c1ccccc1. The van der Waals surface area contributed by atoms with Crippen molar-refractivity contribution in [2.75, 3.05) is 0 Å². The van der Waals surface area contributed by atoms with Gasteiger partial charge in [-0.2, -0.15) is 0 Å². The number of amidine groups is 1. The molecule has 0 aliphatic heterocycles. The van der Waals surface area contributed by atoms with Gasteiger partial charge in [-0.25, -0.2) is 4.99 Å². The van der Waals surface area contributed by atoms with Crippen molar-refractivity contribution < 1.29 is 0 Å². The molecule has 0 heterocycles. The predicted octanol–water partition coefficient (Wildman–Crippen LogP) is 17.0. The van der Waals surface area contributed by atoms with Crippen molar-refractivity contribution in [2.24, 2.45) is 4.99 Å². The summed E-state index contributed by atoms with van der Waals surface area (Å²) in [5.41, 5.74) is 15.4. The zero-order valence-electron chi connectivity index (χ0n) is 37.6. The Morgan fingerprint density at radius 3 is 1.51 bits per heavy atom. The third kappa shape index (κ3) is 5.67. The quantitative estimate of drug-likeness (QED) is 0.0774. The van der Waals surface area contributed by atoms with Crippen LogP contribution >= 0.6 is 0 Å². The Morgan fingerprint density at radius 1 is 0.377 bits per heavy atom. The second kappa shape index (κ2) is 15.3. The Hall–Kier alpha value is -8.98. The van der Waals surface area contributed by atoms with Crippen LogP contribution in [0.25, 0.3) is 93.3 Å². The van der Waals surface area contributed by atoms with Crippen LogP contribution in [0, 0.1) is 5.41 Å². The van der Waals surface area contributed by atoms with Gasteiger partial charge in [0.25, 0.3) is 0 Å². The lowest BCUT2D eigenvalue weighted by Gasteiger charge is -2.32. The molecular weight excluding hydrogens is 833 g/mol. The number of benzene rings is 12. The van der Waals surface area contributed by atoms with Crippen LogP contribution in [0.5, 0.6) is 0 Å². The highest BCUT2D eigenvalue weighted by molar-refractivity contribution is 6.28. The lowest BCUT2D eigenvalue weighted by molar-refractivity contribution is 0.792. The van der Waals surface area contributed by atoms with Gasteiger partial charge in [-0.05, 0) is 127 Å². The molecule has 0 aromatic heterocycles. The summed E-state index contributed by atoms with van der Waals surface area (Å²) < 4.78 is 0. The lowest BCUT2D eigenvalue weighted by Crippen LogP contribution is -2.28. The second-order valence-electron chi connectivity index (χ2n) is 18.4. The monoisotopic (exact) mass is 874 g/mol. The van der Waals surface area contributed by atoms with Crippen molar-refractivity contribution in [1.82, 2.24) is 0 Å². The fraction of sp³-hybridized carbons (Fsp3) is 0.0149. The van der Waals surface area contributed by atoms with E-state index in [1.165, 1.54) is 98.7 Å². The Bertz CT molecular complexity index is 4090. The van der Waals surface area contributed by atoms with Crippen LogP contribution in [0.1, 0.15) is 38.9 Å². The van der Waals surface area contributed by atoms with Gasteiger partial charge in [0.2, 0.25) is 0 Å². The molecule has 12 aromatic carbocycles. The highest BCUT2D eigenvalue weighted by Gasteiger charge is 2.52. The van der Waals surface area contributed by atoms with Crippen LogP contribution in [0.4, 0.5) is 0 Å². The van der Waals surface area contributed by atoms with E-state index >= 15 is 0 Å². The molecule has 1 spiro atoms. The number of nitrogens with zero attached hydrogens (tertiary/aromatic N) is 1. The smallest absolute Gasteiger partial charge is 0.152 e. The molecule has 320 valence electrons. The highest BCUT2D eigenvalue weighted by atomic mass is 14.8. The Labute approximate surface area is 400 Å². The molecule has 14 rings (SSSR count). The third-order valence-corrected chi connectivity index (χ3v) is 15.0. The first-order valence-corrected chi connectivity index (χ1v) is 23.8. The van der Waals surface area contributed by atoms with E-state index in [1.807, 2.05) is 30.3 Å². The summed E-state index contributed by atoms with van der Waals surface area (Å²) in [5, 5.41) is 21.7. The Morgan fingerprint density at radius 2 is 0.855 bits per heavy atom. The molecule has 2 aliphatic carbocycles. The normalized spacial score (nSPS) is 13.4. The summed E-state index contributed by atoms with van der Waals surface area (Å²) in [6.07, 6.45) is 4.45. The molecule has 2 nitrogen and oxygen atoms in total. The third-order valence-electron chi connectivity index (χ3n) is 15.0. The minimum Gasteiger partial charge on any atom is -0.282 e. The van der Waals surface area contributed by atoms with E-state index < -0.39 is 5.41 Å². The largest absolute Gasteiger partial charge is 0.282 e. The fourth-order valence-corrected chi connectivity index (χ4v) is 12.2. The van der Waals surface area contributed by atoms with Crippen molar-refractivity contribution in [3.05, 3.63) is 282 Å². The zero-order valence-corrected chi connectivity index (χ0v) is 37.6. The van der Waals surface area contributed by atoms with Crippen molar-refractivity contribution in [3.63, 3.8) is 0 Å². The molecule has 2 aliphatic rings. The van der Waals surface area contributed by atoms with Gasteiger partial charge < -0.3 is 0 Å². The number of fused-ring (bicyclic) bond motifs is 16. The van der Waals surface area contributed by atoms with Crippen LogP contribution in [0.3, 0.4) is 0 Å². The molecule has 69 heavy (non-hydrogen) atoms. The van der Waals surface area contributed by atoms with E-state index in [-0.39, 0.29) is 5.84 Å². The maximum atomic E-state index is 9.60. The van der Waals surface area contributed by atoms with Gasteiger partial charge in [0.05, 0.1) is 11.1 Å². The van der Waals surface area contributed by atoms with Crippen molar-refractivity contribution in [2.45, 2.75) is 5.41 Å². The second-order valence-corrected chi connectivity index (χ2v) is 18.4. The minimum absolute atomic E-state index is 0.213. The molecule has 2 heteroatoms. The molecule has 0 amide bonds. The highest BCUT2D eigenvalue weighted by Crippen LogP contribution is 2.63. The number of hydrogen-bond acceptors (Lipinski definition) is 1. The van der Waals surface area contributed by atoms with E-state index in [0.29, 0.717) is 0 Å². The molecular formula is C67H42N2. The van der Waals surface area contributed by atoms with Crippen LogP contribution in [0.15, 0.2) is 248 Å². The molecule has 0 atom stereocenters. The molecule has 1 N–H and O–H groups in total. The molecule has 0 radical (unpaired) electrons. The summed E-state index contributed by atoms with van der Waals surface area (Å²) in [7, 11) is 0. The van der Waals surface area contributed by atoms with E-state index in [1.54, 1.807) is 0 Å². The average Bonchev–Trinajstić information content (AvgIpc) is 3.89. The first-order chi connectivity index (χ1) is 34.2. The topological polar surface area (TPSA) is 36.2 Å². The Kier molecular flexibility index (Phi) is 8.68. The summed E-state index contributed by atoms with van der Waals surface area (Å²) in [4.78, 5) is 5.37. The van der Waals surface area contributed by atoms with Crippen molar-refractivity contribution in [1.29, 1.82) is 5.41 Å². The number of rotatable bonds is 5. The summed E-state index contributed by atoms with van der Waals surface area (Å²) in [5.74, 6) is 0.213. The van der Waals surface area contributed by atoms with Crippen molar-refractivity contribution >= 4 is 71.5 Å². The zero-order chi connectivity index (χ0) is 45.6. The maximum absolute atomic E-state index is 9.60. The maximum Gasteiger partial charge on any atom is 0.152 e. The van der Waals surface area contributed by atoms with Crippen LogP contribution < -0.4 is 0 Å². The standard InChI is InChI=1S/C67H42N2/c68-66(43-20-2-1-3-21-43)69-62(57-33-18-32-56-52-29-14-17-36-61(52)67(65(56)57)59-34-15-12-27-50(59)51-28-13-16-35-60(51)67)40-39-49-47-25-8-10-30-53(47)64(54-31-11-9-26-48(49)54)63-46-24-7-5-22-44(46)41-58-45-23-6-4-19-42(45)37-38-55(58)63/h1-41,68H/b40-39+,68-66?,69-62?. The van der Waals surface area contributed by atoms with Crippen LogP contribution in [0.2, 0.25) is 0 Å². The lowest BCUT2D eigenvalue weighted by atomic mass is 9.69. The molecule has 12 aromatic rings. The summed E-state index contributed by atoms with van der Waals surface area (Å²) >= 11 is 0. The van der Waals surface area contributed by atoms with Crippen molar-refractivity contribution in [3.8, 4) is 33.4 Å². The molecule has 0 bridgehead atoms. The number of allylic oxidation sites excluding steroid dienone is 1. The molecule has 0 fully saturated rings. The van der Waals surface area contributed by atoms with Gasteiger partial charge in [0, 0.05) is 11.1 Å². The minimum atomic E-state index is -0.590. The molecule has 0 saturated carbocycles. The summed E-state index contributed by atoms with van der Waals surface area (Å²) in [6.45, 7) is 0. The van der Waals surface area contributed by atoms with Crippen LogP contribution in [-0.4, -0.2) is 11.5 Å². The van der Waals surface area contributed by atoms with E-state index in [0.717, 1.165) is 33.2 Å². The van der Waals surface area contributed by atoms with Gasteiger partial charge in [-0.15, -0.1) is 0 Å². The van der Waals surface area contributed by atoms with E-state index in [9.17, 15) is 5.41 Å². The first-order valence-electron chi connectivity index (χ1n) is 23.8. The Balaban J connectivity index is 1.05. The van der Waals surface area contributed by atoms with Crippen LogP contribution in [-0.2, 0) is 5.41 Å². The van der Waals surface area contributed by atoms with E-state index in [4.69, 9.17) is 4.99 Å². The average molecular weight is 875 g/mol. The van der Waals surface area contributed by atoms with Gasteiger partial charge in [0.15, 0.2) is 5.84 Å². The van der Waals surface area contributed by atoms with Gasteiger partial charge >= 0.3 is 0 Å².